The van der Waals surface area contributed by atoms with Gasteiger partial charge in [0.2, 0.25) is 0 Å². The number of methoxy groups -OCH3 is 1. The van der Waals surface area contributed by atoms with Crippen molar-refractivity contribution in [3.63, 3.8) is 0 Å². The normalized spacial score (nSPS) is 11.2. The Morgan fingerprint density at radius 1 is 1.41 bits per heavy atom. The first kappa shape index (κ1) is 17.3. The Bertz CT molecular complexity index is 640. The summed E-state index contributed by atoms with van der Waals surface area (Å²) < 4.78 is 4.50. The molecule has 1 amide bonds. The van der Waals surface area contributed by atoms with Gasteiger partial charge in [-0.1, -0.05) is 24.3 Å². The van der Waals surface area contributed by atoms with Crippen LogP contribution < -0.4 is 0 Å². The summed E-state index contributed by atoms with van der Waals surface area (Å²) in [5.74, 6) is -1.11. The lowest BCUT2D eigenvalue weighted by Crippen LogP contribution is -2.14. The maximum absolute atomic E-state index is 12.0. The zero-order valence-electron chi connectivity index (χ0n) is 12.7. The van der Waals surface area contributed by atoms with E-state index >= 15 is 0 Å². The van der Waals surface area contributed by atoms with E-state index in [2.05, 4.69) is 15.8 Å². The van der Waals surface area contributed by atoms with E-state index in [1.165, 1.54) is 14.0 Å². The molecule has 0 N–H and O–H groups in total. The van der Waals surface area contributed by atoms with Gasteiger partial charge in [0, 0.05) is 12.0 Å². The second-order valence-electron chi connectivity index (χ2n) is 4.57. The highest BCUT2D eigenvalue weighted by Crippen LogP contribution is 2.10. The minimum atomic E-state index is -0.623. The van der Waals surface area contributed by atoms with Gasteiger partial charge in [0.1, 0.15) is 5.71 Å². The van der Waals surface area contributed by atoms with Gasteiger partial charge in [-0.2, -0.15) is 5.26 Å². The Hall–Kier alpha value is -2.74. The summed E-state index contributed by atoms with van der Waals surface area (Å²) in [5.41, 5.74) is 1.29. The predicted octanol–water partition coefficient (Wildman–Crippen LogP) is 3.17. The van der Waals surface area contributed by atoms with Gasteiger partial charge in [-0.3, -0.25) is 4.79 Å². The number of hydrogen-bond acceptors (Lipinski definition) is 4. The number of rotatable bonds is 6. The Kier molecular flexibility index (Phi) is 7.27. The SMILES string of the molecule is COC(=O)C(C)=NC(=O)c1cccc(/C=C\CCCC#N)c1. The van der Waals surface area contributed by atoms with E-state index in [1.807, 2.05) is 18.2 Å². The Labute approximate surface area is 129 Å². The van der Waals surface area contributed by atoms with Crippen LogP contribution in [0.25, 0.3) is 6.08 Å². The zero-order valence-corrected chi connectivity index (χ0v) is 12.7. The molecule has 0 radical (unpaired) electrons. The standard InChI is InChI=1S/C17H18N2O3/c1-13(17(21)22-2)19-16(20)15-10-7-9-14(12-15)8-5-3-4-6-11-18/h5,7-10,12H,3-4,6H2,1-2H3/b8-5-,19-13?. The lowest BCUT2D eigenvalue weighted by atomic mass is 10.1. The van der Waals surface area contributed by atoms with Crippen molar-refractivity contribution in [3.05, 3.63) is 41.5 Å². The number of carbonyl (C=O) groups excluding carboxylic acids is 2. The average Bonchev–Trinajstić information content (AvgIpc) is 2.54. The molecule has 0 atom stereocenters. The maximum atomic E-state index is 12.0. The predicted molar refractivity (Wildman–Crippen MR) is 84.4 cm³/mol. The fourth-order valence-electron chi connectivity index (χ4n) is 1.70. The summed E-state index contributed by atoms with van der Waals surface area (Å²) in [6.45, 7) is 1.43. The molecule has 0 saturated carbocycles. The molecule has 5 nitrogen and oxygen atoms in total. The van der Waals surface area contributed by atoms with Gasteiger partial charge < -0.3 is 4.74 Å². The van der Waals surface area contributed by atoms with Crippen LogP contribution in [0, 0.1) is 11.3 Å². The van der Waals surface area contributed by atoms with Crippen molar-refractivity contribution in [2.45, 2.75) is 26.2 Å². The van der Waals surface area contributed by atoms with Crippen LogP contribution in [0.15, 0.2) is 35.3 Å². The number of ether oxygens (including phenoxy) is 1. The Morgan fingerprint density at radius 3 is 2.86 bits per heavy atom. The van der Waals surface area contributed by atoms with E-state index in [0.717, 1.165) is 18.4 Å². The highest BCUT2D eigenvalue weighted by Gasteiger charge is 2.10. The van der Waals surface area contributed by atoms with Crippen LogP contribution >= 0.6 is 0 Å². The molecular weight excluding hydrogens is 280 g/mol. The molecule has 5 heteroatoms. The number of carbonyl (C=O) groups is 2. The van der Waals surface area contributed by atoms with Crippen LogP contribution in [0.4, 0.5) is 0 Å². The number of hydrogen-bond donors (Lipinski definition) is 0. The molecule has 1 aromatic carbocycles. The van der Waals surface area contributed by atoms with Gasteiger partial charge in [-0.05, 0) is 37.5 Å². The molecule has 114 valence electrons. The molecule has 0 aromatic heterocycles. The Morgan fingerprint density at radius 2 is 2.18 bits per heavy atom. The number of aliphatic imine (C=N–C) groups is 1. The topological polar surface area (TPSA) is 79.5 Å². The van der Waals surface area contributed by atoms with Crippen LogP contribution in [0.5, 0.6) is 0 Å². The van der Waals surface area contributed by atoms with Gasteiger partial charge in [0.25, 0.3) is 5.91 Å². The smallest absolute Gasteiger partial charge is 0.352 e. The molecule has 0 aliphatic heterocycles. The molecule has 0 spiro atoms. The number of nitriles is 1. The molecule has 0 fully saturated rings. The van der Waals surface area contributed by atoms with E-state index < -0.39 is 11.9 Å². The monoisotopic (exact) mass is 298 g/mol. The van der Waals surface area contributed by atoms with Crippen LogP contribution in [0.3, 0.4) is 0 Å². The summed E-state index contributed by atoms with van der Waals surface area (Å²) in [6.07, 6.45) is 6.01. The van der Waals surface area contributed by atoms with E-state index in [4.69, 9.17) is 5.26 Å². The van der Waals surface area contributed by atoms with Gasteiger partial charge in [-0.25, -0.2) is 9.79 Å². The fourth-order valence-corrected chi connectivity index (χ4v) is 1.70. The lowest BCUT2D eigenvalue weighted by Gasteiger charge is -2.00. The molecule has 1 rings (SSSR count). The van der Waals surface area contributed by atoms with Crippen molar-refractivity contribution in [2.24, 2.45) is 4.99 Å². The number of amides is 1. The molecular formula is C17H18N2O3. The van der Waals surface area contributed by atoms with E-state index in [9.17, 15) is 9.59 Å². The van der Waals surface area contributed by atoms with Gasteiger partial charge >= 0.3 is 5.97 Å². The number of esters is 1. The van der Waals surface area contributed by atoms with Crippen LogP contribution in [0.1, 0.15) is 42.1 Å². The highest BCUT2D eigenvalue weighted by molar-refractivity contribution is 6.37. The summed E-state index contributed by atoms with van der Waals surface area (Å²) in [6, 6.07) is 9.06. The van der Waals surface area contributed by atoms with Crippen molar-refractivity contribution >= 4 is 23.7 Å². The fraction of sp³-hybridized carbons (Fsp3) is 0.294. The third-order valence-electron chi connectivity index (χ3n) is 2.85. The van der Waals surface area contributed by atoms with Crippen molar-refractivity contribution < 1.29 is 14.3 Å². The van der Waals surface area contributed by atoms with Crippen molar-refractivity contribution in [2.75, 3.05) is 7.11 Å². The second-order valence-corrected chi connectivity index (χ2v) is 4.57. The van der Waals surface area contributed by atoms with E-state index in [0.29, 0.717) is 12.0 Å². The maximum Gasteiger partial charge on any atom is 0.352 e. The van der Waals surface area contributed by atoms with Gasteiger partial charge in [-0.15, -0.1) is 0 Å². The first-order valence-electron chi connectivity index (χ1n) is 6.90. The van der Waals surface area contributed by atoms with Crippen molar-refractivity contribution in [1.82, 2.24) is 0 Å². The molecule has 0 bridgehead atoms. The average molecular weight is 298 g/mol. The lowest BCUT2D eigenvalue weighted by molar-refractivity contribution is -0.132. The van der Waals surface area contributed by atoms with Gasteiger partial charge in [0.05, 0.1) is 13.2 Å². The first-order valence-corrected chi connectivity index (χ1v) is 6.90. The number of unbranched alkanes of at least 4 members (excludes halogenated alkanes) is 2. The molecule has 0 saturated heterocycles. The molecule has 22 heavy (non-hydrogen) atoms. The quantitative estimate of drug-likeness (QED) is 0.459. The van der Waals surface area contributed by atoms with E-state index in [-0.39, 0.29) is 5.71 Å². The summed E-state index contributed by atoms with van der Waals surface area (Å²) in [7, 11) is 1.24. The molecule has 0 heterocycles. The van der Waals surface area contributed by atoms with Crippen LogP contribution in [-0.2, 0) is 9.53 Å². The highest BCUT2D eigenvalue weighted by atomic mass is 16.5. The minimum Gasteiger partial charge on any atom is -0.465 e. The summed E-state index contributed by atoms with van der Waals surface area (Å²) >= 11 is 0. The Balaban J connectivity index is 2.77. The van der Waals surface area contributed by atoms with E-state index in [1.54, 1.807) is 18.2 Å². The molecule has 0 aliphatic rings. The second kappa shape index (κ2) is 9.24. The third-order valence-corrected chi connectivity index (χ3v) is 2.85. The minimum absolute atomic E-state index is 0.0185. The van der Waals surface area contributed by atoms with Crippen molar-refractivity contribution in [1.29, 1.82) is 5.26 Å². The number of nitrogens with zero attached hydrogens (tertiary/aromatic N) is 2. The number of allylic oxidation sites excluding steroid dienone is 1. The summed E-state index contributed by atoms with van der Waals surface area (Å²) in [4.78, 5) is 26.9. The van der Waals surface area contributed by atoms with Crippen LogP contribution in [-0.4, -0.2) is 24.7 Å². The van der Waals surface area contributed by atoms with Gasteiger partial charge in [0.15, 0.2) is 0 Å². The van der Waals surface area contributed by atoms with Crippen molar-refractivity contribution in [3.8, 4) is 6.07 Å². The summed E-state index contributed by atoms with van der Waals surface area (Å²) in [5, 5.41) is 8.45. The number of benzene rings is 1. The molecule has 1 aromatic rings. The molecule has 0 unspecified atom stereocenters. The first-order chi connectivity index (χ1) is 10.6. The third kappa shape index (κ3) is 5.71. The van der Waals surface area contributed by atoms with Crippen LogP contribution in [0.2, 0.25) is 0 Å². The largest absolute Gasteiger partial charge is 0.465 e. The molecule has 0 aliphatic carbocycles. The zero-order chi connectivity index (χ0) is 16.4.